The summed E-state index contributed by atoms with van der Waals surface area (Å²) in [6.07, 6.45) is 2.72. The standard InChI is InChI=1S/C15H20O2/c1-10-8-12(4-6-14(10)16)13-5-7-15(17-3)11(2)9-13/h5,7,9-10,12H,4,6,8H2,1-3H3. The van der Waals surface area contributed by atoms with Gasteiger partial charge >= 0.3 is 0 Å². The van der Waals surface area contributed by atoms with Crippen molar-refractivity contribution in [2.75, 3.05) is 7.11 Å². The lowest BCUT2D eigenvalue weighted by atomic mass is 9.78. The summed E-state index contributed by atoms with van der Waals surface area (Å²) in [4.78, 5) is 11.5. The molecular formula is C15H20O2. The minimum atomic E-state index is 0.219. The van der Waals surface area contributed by atoms with Crippen LogP contribution >= 0.6 is 0 Å². The van der Waals surface area contributed by atoms with Crippen LogP contribution < -0.4 is 4.74 Å². The topological polar surface area (TPSA) is 26.3 Å². The molecule has 92 valence electrons. The van der Waals surface area contributed by atoms with Gasteiger partial charge in [-0.05, 0) is 42.9 Å². The summed E-state index contributed by atoms with van der Waals surface area (Å²) in [6.45, 7) is 4.12. The van der Waals surface area contributed by atoms with Crippen molar-refractivity contribution in [1.29, 1.82) is 0 Å². The van der Waals surface area contributed by atoms with Gasteiger partial charge in [-0.25, -0.2) is 0 Å². The lowest BCUT2D eigenvalue weighted by Gasteiger charge is -2.26. The molecule has 0 N–H and O–H groups in total. The maximum atomic E-state index is 11.5. The first kappa shape index (κ1) is 12.2. The predicted octanol–water partition coefficient (Wildman–Crippen LogP) is 3.48. The van der Waals surface area contributed by atoms with Crippen molar-refractivity contribution in [1.82, 2.24) is 0 Å². The van der Waals surface area contributed by atoms with Gasteiger partial charge in [0.2, 0.25) is 0 Å². The minimum Gasteiger partial charge on any atom is -0.496 e. The molecule has 1 saturated carbocycles. The summed E-state index contributed by atoms with van der Waals surface area (Å²) in [5.41, 5.74) is 2.53. The van der Waals surface area contributed by atoms with E-state index in [1.54, 1.807) is 7.11 Å². The van der Waals surface area contributed by atoms with E-state index in [9.17, 15) is 4.79 Å². The number of methoxy groups -OCH3 is 1. The Labute approximate surface area is 103 Å². The molecule has 1 aliphatic rings. The zero-order valence-corrected chi connectivity index (χ0v) is 10.8. The van der Waals surface area contributed by atoms with Crippen molar-refractivity contribution in [3.8, 4) is 5.75 Å². The Kier molecular flexibility index (Phi) is 3.51. The molecule has 0 aliphatic heterocycles. The molecule has 0 saturated heterocycles. The SMILES string of the molecule is COc1ccc(C2CCC(=O)C(C)C2)cc1C. The average Bonchev–Trinajstić information content (AvgIpc) is 2.32. The second-order valence-corrected chi connectivity index (χ2v) is 5.07. The van der Waals surface area contributed by atoms with Crippen LogP contribution in [0.15, 0.2) is 18.2 Å². The van der Waals surface area contributed by atoms with Gasteiger partial charge < -0.3 is 4.74 Å². The van der Waals surface area contributed by atoms with E-state index in [2.05, 4.69) is 19.1 Å². The van der Waals surface area contributed by atoms with Crippen LogP contribution in [0.4, 0.5) is 0 Å². The molecule has 0 amide bonds. The normalized spacial score (nSPS) is 24.8. The molecule has 1 aromatic rings. The van der Waals surface area contributed by atoms with Gasteiger partial charge in [-0.15, -0.1) is 0 Å². The number of benzene rings is 1. The molecule has 0 aromatic heterocycles. The van der Waals surface area contributed by atoms with Gasteiger partial charge in [0.15, 0.2) is 0 Å². The van der Waals surface area contributed by atoms with Crippen molar-refractivity contribution in [2.45, 2.75) is 39.0 Å². The number of Topliss-reactive ketones (excluding diaryl/α,β-unsaturated/α-hetero) is 1. The first-order valence-electron chi connectivity index (χ1n) is 6.29. The summed E-state index contributed by atoms with van der Waals surface area (Å²) < 4.78 is 5.27. The first-order chi connectivity index (χ1) is 8.11. The lowest BCUT2D eigenvalue weighted by Crippen LogP contribution is -2.21. The Balaban J connectivity index is 2.18. The van der Waals surface area contributed by atoms with Crippen LogP contribution in [0, 0.1) is 12.8 Å². The van der Waals surface area contributed by atoms with E-state index in [4.69, 9.17) is 4.74 Å². The molecule has 0 spiro atoms. The highest BCUT2D eigenvalue weighted by atomic mass is 16.5. The maximum absolute atomic E-state index is 11.5. The highest BCUT2D eigenvalue weighted by molar-refractivity contribution is 5.81. The van der Waals surface area contributed by atoms with Crippen LogP contribution in [0.1, 0.15) is 43.2 Å². The quantitative estimate of drug-likeness (QED) is 0.780. The monoisotopic (exact) mass is 232 g/mol. The summed E-state index contributed by atoms with van der Waals surface area (Å²) in [5.74, 6) is 2.11. The number of aryl methyl sites for hydroxylation is 1. The molecule has 1 fully saturated rings. The van der Waals surface area contributed by atoms with Crippen LogP contribution in [0.2, 0.25) is 0 Å². The number of ether oxygens (including phenoxy) is 1. The summed E-state index contributed by atoms with van der Waals surface area (Å²) in [7, 11) is 1.70. The van der Waals surface area contributed by atoms with E-state index < -0.39 is 0 Å². The van der Waals surface area contributed by atoms with Crippen LogP contribution in [-0.2, 0) is 4.79 Å². The Bertz CT molecular complexity index is 423. The van der Waals surface area contributed by atoms with Crippen LogP contribution in [0.3, 0.4) is 0 Å². The Hall–Kier alpha value is -1.31. The second kappa shape index (κ2) is 4.91. The number of hydrogen-bond acceptors (Lipinski definition) is 2. The van der Waals surface area contributed by atoms with Crippen molar-refractivity contribution >= 4 is 5.78 Å². The second-order valence-electron chi connectivity index (χ2n) is 5.07. The molecular weight excluding hydrogens is 212 g/mol. The molecule has 2 atom stereocenters. The highest BCUT2D eigenvalue weighted by Crippen LogP contribution is 2.35. The molecule has 2 nitrogen and oxygen atoms in total. The molecule has 1 aliphatic carbocycles. The van der Waals surface area contributed by atoms with Crippen molar-refractivity contribution < 1.29 is 9.53 Å². The van der Waals surface area contributed by atoms with Crippen LogP contribution in [0.5, 0.6) is 5.75 Å². The van der Waals surface area contributed by atoms with Gasteiger partial charge in [-0.3, -0.25) is 4.79 Å². The molecule has 1 aromatic carbocycles. The summed E-state index contributed by atoms with van der Waals surface area (Å²) >= 11 is 0. The number of carbonyl (C=O) groups excluding carboxylic acids is 1. The molecule has 0 radical (unpaired) electrons. The Morgan fingerprint density at radius 3 is 2.71 bits per heavy atom. The molecule has 2 rings (SSSR count). The van der Waals surface area contributed by atoms with E-state index in [0.29, 0.717) is 11.7 Å². The van der Waals surface area contributed by atoms with E-state index in [-0.39, 0.29) is 5.92 Å². The van der Waals surface area contributed by atoms with Crippen LogP contribution in [0.25, 0.3) is 0 Å². The molecule has 0 bridgehead atoms. The molecule has 0 heterocycles. The fourth-order valence-electron chi connectivity index (χ4n) is 2.70. The predicted molar refractivity (Wildman–Crippen MR) is 68.5 cm³/mol. The summed E-state index contributed by atoms with van der Waals surface area (Å²) in [6, 6.07) is 6.37. The van der Waals surface area contributed by atoms with Gasteiger partial charge in [0.05, 0.1) is 7.11 Å². The van der Waals surface area contributed by atoms with Gasteiger partial charge in [-0.2, -0.15) is 0 Å². The Morgan fingerprint density at radius 1 is 1.35 bits per heavy atom. The lowest BCUT2D eigenvalue weighted by molar-refractivity contribution is -0.124. The number of hydrogen-bond donors (Lipinski definition) is 0. The third-order valence-electron chi connectivity index (χ3n) is 3.82. The Morgan fingerprint density at radius 2 is 2.12 bits per heavy atom. The van der Waals surface area contributed by atoms with Crippen molar-refractivity contribution in [2.24, 2.45) is 5.92 Å². The van der Waals surface area contributed by atoms with Crippen LogP contribution in [-0.4, -0.2) is 12.9 Å². The van der Waals surface area contributed by atoms with Crippen molar-refractivity contribution in [3.63, 3.8) is 0 Å². The maximum Gasteiger partial charge on any atom is 0.135 e. The molecule has 2 heteroatoms. The van der Waals surface area contributed by atoms with Gasteiger partial charge in [0, 0.05) is 12.3 Å². The van der Waals surface area contributed by atoms with Gasteiger partial charge in [0.25, 0.3) is 0 Å². The minimum absolute atomic E-state index is 0.219. The fraction of sp³-hybridized carbons (Fsp3) is 0.533. The number of rotatable bonds is 2. The van der Waals surface area contributed by atoms with E-state index in [0.717, 1.165) is 25.0 Å². The van der Waals surface area contributed by atoms with Gasteiger partial charge in [-0.1, -0.05) is 19.1 Å². The third-order valence-corrected chi connectivity index (χ3v) is 3.82. The number of ketones is 1. The van der Waals surface area contributed by atoms with E-state index in [1.165, 1.54) is 11.1 Å². The van der Waals surface area contributed by atoms with E-state index in [1.807, 2.05) is 13.0 Å². The zero-order chi connectivity index (χ0) is 12.4. The highest BCUT2D eigenvalue weighted by Gasteiger charge is 2.26. The average molecular weight is 232 g/mol. The van der Waals surface area contributed by atoms with Gasteiger partial charge in [0.1, 0.15) is 11.5 Å². The molecule has 2 unspecified atom stereocenters. The largest absolute Gasteiger partial charge is 0.496 e. The summed E-state index contributed by atoms with van der Waals surface area (Å²) in [5, 5.41) is 0. The number of carbonyl (C=O) groups is 1. The third kappa shape index (κ3) is 2.51. The smallest absolute Gasteiger partial charge is 0.135 e. The zero-order valence-electron chi connectivity index (χ0n) is 10.8. The first-order valence-corrected chi connectivity index (χ1v) is 6.29. The molecule has 17 heavy (non-hydrogen) atoms. The fourth-order valence-corrected chi connectivity index (χ4v) is 2.70. The van der Waals surface area contributed by atoms with Crippen molar-refractivity contribution in [3.05, 3.63) is 29.3 Å². The van der Waals surface area contributed by atoms with E-state index >= 15 is 0 Å².